The highest BCUT2D eigenvalue weighted by molar-refractivity contribution is 5.92. The molecule has 1 unspecified atom stereocenters. The highest BCUT2D eigenvalue weighted by atomic mass is 16.1. The van der Waals surface area contributed by atoms with Gasteiger partial charge in [0.05, 0.1) is 0 Å². The lowest BCUT2D eigenvalue weighted by Crippen LogP contribution is -2.25. The van der Waals surface area contributed by atoms with Crippen molar-refractivity contribution < 1.29 is 4.79 Å². The zero-order chi connectivity index (χ0) is 13.4. The Morgan fingerprint density at radius 1 is 1.39 bits per heavy atom. The van der Waals surface area contributed by atoms with Crippen LogP contribution in [0.1, 0.15) is 37.2 Å². The normalized spacial score (nSPS) is 11.9. The number of nitrogens with one attached hydrogen (secondary N) is 2. The van der Waals surface area contributed by atoms with Gasteiger partial charge in [-0.3, -0.25) is 4.79 Å². The van der Waals surface area contributed by atoms with E-state index in [2.05, 4.69) is 27.8 Å². The quantitative estimate of drug-likeness (QED) is 0.665. The summed E-state index contributed by atoms with van der Waals surface area (Å²) < 4.78 is 0. The minimum atomic E-state index is -0.203. The maximum Gasteiger partial charge on any atom is 0.271 e. The van der Waals surface area contributed by atoms with Crippen molar-refractivity contribution >= 4 is 11.7 Å². The number of amides is 1. The van der Waals surface area contributed by atoms with Gasteiger partial charge in [0.1, 0.15) is 5.82 Å². The summed E-state index contributed by atoms with van der Waals surface area (Å²) >= 11 is 0. The number of rotatable bonds is 7. The average Bonchev–Trinajstić information content (AvgIpc) is 2.39. The van der Waals surface area contributed by atoms with Gasteiger partial charge in [-0.1, -0.05) is 6.92 Å². The second-order valence-corrected chi connectivity index (χ2v) is 3.99. The van der Waals surface area contributed by atoms with Crippen molar-refractivity contribution in [1.29, 1.82) is 0 Å². The number of nitrogens with two attached hydrogens (primary N) is 1. The van der Waals surface area contributed by atoms with Crippen LogP contribution in [0.25, 0.3) is 0 Å². The molecule has 0 radical (unpaired) electrons. The summed E-state index contributed by atoms with van der Waals surface area (Å²) in [4.78, 5) is 11.5. The number of carbonyl (C=O) groups is 1. The van der Waals surface area contributed by atoms with E-state index in [-0.39, 0.29) is 5.91 Å². The molecule has 1 rings (SSSR count). The molecule has 4 N–H and O–H groups in total. The van der Waals surface area contributed by atoms with E-state index < -0.39 is 0 Å². The molecule has 6 heteroatoms. The van der Waals surface area contributed by atoms with Gasteiger partial charge in [0.15, 0.2) is 5.69 Å². The standard InChI is InChI=1S/C12H21N5O/c1-3-9(7-8-13)15-11-6-5-10(16-17-11)12(18)14-4-2/h5-6,9H,3-4,7-8,13H2,1-2H3,(H,14,18)(H,15,17). The van der Waals surface area contributed by atoms with Crippen LogP contribution in [0.2, 0.25) is 0 Å². The monoisotopic (exact) mass is 251 g/mol. The third-order valence-electron chi connectivity index (χ3n) is 2.59. The van der Waals surface area contributed by atoms with Crippen LogP contribution in [0.5, 0.6) is 0 Å². The van der Waals surface area contributed by atoms with Crippen molar-refractivity contribution in [3.63, 3.8) is 0 Å². The van der Waals surface area contributed by atoms with Crippen molar-refractivity contribution in [3.05, 3.63) is 17.8 Å². The molecule has 100 valence electrons. The van der Waals surface area contributed by atoms with Crippen LogP contribution >= 0.6 is 0 Å². The number of carbonyl (C=O) groups excluding carboxylic acids is 1. The molecule has 1 amide bonds. The van der Waals surface area contributed by atoms with Crippen LogP contribution in [0.4, 0.5) is 5.82 Å². The number of anilines is 1. The average molecular weight is 251 g/mol. The molecule has 0 saturated heterocycles. The Morgan fingerprint density at radius 2 is 2.17 bits per heavy atom. The molecule has 0 saturated carbocycles. The Labute approximate surface area is 107 Å². The highest BCUT2D eigenvalue weighted by Crippen LogP contribution is 2.08. The fourth-order valence-corrected chi connectivity index (χ4v) is 1.57. The maximum atomic E-state index is 11.5. The SMILES string of the molecule is CCNC(=O)c1ccc(NC(CC)CCN)nn1. The van der Waals surface area contributed by atoms with Gasteiger partial charge in [-0.25, -0.2) is 0 Å². The van der Waals surface area contributed by atoms with Gasteiger partial charge in [-0.05, 0) is 38.4 Å². The maximum absolute atomic E-state index is 11.5. The Hall–Kier alpha value is -1.69. The van der Waals surface area contributed by atoms with Crippen LogP contribution in [0.3, 0.4) is 0 Å². The van der Waals surface area contributed by atoms with Crippen molar-refractivity contribution in [3.8, 4) is 0 Å². The molecule has 1 heterocycles. The van der Waals surface area contributed by atoms with E-state index in [0.717, 1.165) is 12.8 Å². The Balaban J connectivity index is 2.62. The van der Waals surface area contributed by atoms with Crippen molar-refractivity contribution in [2.45, 2.75) is 32.7 Å². The van der Waals surface area contributed by atoms with Gasteiger partial charge in [0.2, 0.25) is 0 Å². The summed E-state index contributed by atoms with van der Waals surface area (Å²) in [7, 11) is 0. The first-order chi connectivity index (χ1) is 8.71. The Kier molecular flexibility index (Phi) is 6.07. The topological polar surface area (TPSA) is 92.9 Å². The van der Waals surface area contributed by atoms with E-state index in [0.29, 0.717) is 30.6 Å². The molecule has 0 aromatic carbocycles. The molecular weight excluding hydrogens is 230 g/mol. The molecule has 1 aromatic rings. The Morgan fingerprint density at radius 3 is 2.67 bits per heavy atom. The second kappa shape index (κ2) is 7.60. The molecule has 1 aromatic heterocycles. The van der Waals surface area contributed by atoms with Crippen LogP contribution in [-0.2, 0) is 0 Å². The molecule has 0 fully saturated rings. The van der Waals surface area contributed by atoms with E-state index in [1.807, 2.05) is 6.92 Å². The minimum absolute atomic E-state index is 0.203. The third kappa shape index (κ3) is 4.29. The molecule has 1 atom stereocenters. The predicted molar refractivity (Wildman–Crippen MR) is 71.4 cm³/mol. The summed E-state index contributed by atoms with van der Waals surface area (Å²) in [6.45, 7) is 5.16. The summed E-state index contributed by atoms with van der Waals surface area (Å²) in [5, 5.41) is 13.8. The largest absolute Gasteiger partial charge is 0.366 e. The van der Waals surface area contributed by atoms with E-state index in [1.165, 1.54) is 0 Å². The number of aromatic nitrogens is 2. The third-order valence-corrected chi connectivity index (χ3v) is 2.59. The van der Waals surface area contributed by atoms with E-state index in [4.69, 9.17) is 5.73 Å². The highest BCUT2D eigenvalue weighted by Gasteiger charge is 2.09. The molecule has 0 aliphatic carbocycles. The lowest BCUT2D eigenvalue weighted by Gasteiger charge is -2.16. The van der Waals surface area contributed by atoms with Crippen LogP contribution < -0.4 is 16.4 Å². The smallest absolute Gasteiger partial charge is 0.271 e. The molecular formula is C12H21N5O. The predicted octanol–water partition coefficient (Wildman–Crippen LogP) is 0.766. The lowest BCUT2D eigenvalue weighted by molar-refractivity contribution is 0.0950. The first-order valence-electron chi connectivity index (χ1n) is 6.29. The van der Waals surface area contributed by atoms with Gasteiger partial charge in [0.25, 0.3) is 5.91 Å². The Bertz CT molecular complexity index is 365. The molecule has 18 heavy (non-hydrogen) atoms. The van der Waals surface area contributed by atoms with Crippen LogP contribution in [0, 0.1) is 0 Å². The number of hydrogen-bond donors (Lipinski definition) is 3. The van der Waals surface area contributed by atoms with Crippen molar-refractivity contribution in [1.82, 2.24) is 15.5 Å². The van der Waals surface area contributed by atoms with Crippen LogP contribution in [0.15, 0.2) is 12.1 Å². The summed E-state index contributed by atoms with van der Waals surface area (Å²) in [5.41, 5.74) is 5.85. The second-order valence-electron chi connectivity index (χ2n) is 3.99. The van der Waals surface area contributed by atoms with E-state index in [1.54, 1.807) is 12.1 Å². The van der Waals surface area contributed by atoms with Gasteiger partial charge in [0, 0.05) is 12.6 Å². The fraction of sp³-hybridized carbons (Fsp3) is 0.583. The fourth-order valence-electron chi connectivity index (χ4n) is 1.57. The van der Waals surface area contributed by atoms with E-state index in [9.17, 15) is 4.79 Å². The zero-order valence-corrected chi connectivity index (χ0v) is 10.9. The first kappa shape index (κ1) is 14.4. The summed E-state index contributed by atoms with van der Waals surface area (Å²) in [6.07, 6.45) is 1.85. The minimum Gasteiger partial charge on any atom is -0.366 e. The van der Waals surface area contributed by atoms with Gasteiger partial charge in [-0.2, -0.15) is 0 Å². The molecule has 0 spiro atoms. The summed E-state index contributed by atoms with van der Waals surface area (Å²) in [5.74, 6) is 0.467. The number of nitrogens with zero attached hydrogens (tertiary/aromatic N) is 2. The van der Waals surface area contributed by atoms with Gasteiger partial charge in [-0.15, -0.1) is 10.2 Å². The van der Waals surface area contributed by atoms with Gasteiger partial charge < -0.3 is 16.4 Å². The molecule has 0 aliphatic heterocycles. The first-order valence-corrected chi connectivity index (χ1v) is 6.29. The van der Waals surface area contributed by atoms with Crippen molar-refractivity contribution in [2.24, 2.45) is 5.73 Å². The molecule has 0 aliphatic rings. The number of hydrogen-bond acceptors (Lipinski definition) is 5. The zero-order valence-electron chi connectivity index (χ0n) is 10.9. The van der Waals surface area contributed by atoms with Crippen molar-refractivity contribution in [2.75, 3.05) is 18.4 Å². The molecule has 6 nitrogen and oxygen atoms in total. The summed E-state index contributed by atoms with van der Waals surface area (Å²) in [6, 6.07) is 3.71. The van der Waals surface area contributed by atoms with E-state index >= 15 is 0 Å². The van der Waals surface area contributed by atoms with Crippen LogP contribution in [-0.4, -0.2) is 35.2 Å². The lowest BCUT2D eigenvalue weighted by atomic mass is 10.1. The van der Waals surface area contributed by atoms with Gasteiger partial charge >= 0.3 is 0 Å². The molecule has 0 bridgehead atoms.